The molecule has 0 saturated heterocycles. The zero-order chi connectivity index (χ0) is 16.9. The second kappa shape index (κ2) is 14.3. The third-order valence-electron chi connectivity index (χ3n) is 3.41. The molecule has 0 heterocycles. The molecule has 0 spiro atoms. The van der Waals surface area contributed by atoms with Crippen LogP contribution < -0.4 is 15.4 Å². The van der Waals surface area contributed by atoms with Crippen molar-refractivity contribution in [2.24, 2.45) is 4.99 Å². The van der Waals surface area contributed by atoms with Gasteiger partial charge >= 0.3 is 0 Å². The summed E-state index contributed by atoms with van der Waals surface area (Å²) in [6.07, 6.45) is 0.877. The summed E-state index contributed by atoms with van der Waals surface area (Å²) in [6, 6.07) is 7.88. The second-order valence-electron chi connectivity index (χ2n) is 5.24. The Balaban J connectivity index is 0.00000529. The number of nitrogens with zero attached hydrogens (tertiary/aromatic N) is 2. The number of nitrogens with one attached hydrogen (secondary N) is 2. The van der Waals surface area contributed by atoms with E-state index in [9.17, 15) is 0 Å². The topological polar surface area (TPSA) is 58.1 Å². The molecule has 0 aliphatic carbocycles. The molecule has 2 N–H and O–H groups in total. The first-order chi connectivity index (χ1) is 11.2. The molecule has 0 radical (unpaired) electrons. The highest BCUT2D eigenvalue weighted by Crippen LogP contribution is 2.17. The number of anilines is 1. The van der Waals surface area contributed by atoms with Crippen molar-refractivity contribution < 1.29 is 9.47 Å². The van der Waals surface area contributed by atoms with Crippen LogP contribution >= 0.6 is 24.0 Å². The van der Waals surface area contributed by atoms with Crippen molar-refractivity contribution in [3.63, 3.8) is 0 Å². The molecule has 0 atom stereocenters. The second-order valence-corrected chi connectivity index (χ2v) is 5.24. The van der Waals surface area contributed by atoms with Gasteiger partial charge in [-0.05, 0) is 25.7 Å². The maximum absolute atomic E-state index is 5.70. The fraction of sp³-hybridized carbons (Fsp3) is 0.588. The van der Waals surface area contributed by atoms with Crippen molar-refractivity contribution in [1.29, 1.82) is 0 Å². The van der Waals surface area contributed by atoms with Gasteiger partial charge in [0.25, 0.3) is 0 Å². The minimum atomic E-state index is 0. The lowest BCUT2D eigenvalue weighted by molar-refractivity contribution is 0.172. The number of rotatable bonds is 10. The molecular formula is C17H31IN4O2. The van der Waals surface area contributed by atoms with E-state index in [2.05, 4.69) is 34.5 Å². The first-order valence-corrected chi connectivity index (χ1v) is 8.07. The van der Waals surface area contributed by atoms with Gasteiger partial charge in [-0.2, -0.15) is 0 Å². The highest BCUT2D eigenvalue weighted by atomic mass is 127. The van der Waals surface area contributed by atoms with Crippen molar-refractivity contribution in [3.8, 4) is 5.75 Å². The molecule has 0 aromatic heterocycles. The van der Waals surface area contributed by atoms with Crippen LogP contribution in [0.4, 0.5) is 5.69 Å². The van der Waals surface area contributed by atoms with Crippen molar-refractivity contribution in [3.05, 3.63) is 24.3 Å². The Morgan fingerprint density at radius 3 is 2.75 bits per heavy atom. The van der Waals surface area contributed by atoms with Gasteiger partial charge in [0.15, 0.2) is 5.96 Å². The standard InChI is InChI=1S/C17H30N4O2.HI/c1-5-21(3)11-10-19-17(18-2)20-15-8-6-9-16(14-15)23-13-7-12-22-4;/h6,8-9,14H,5,7,10-13H2,1-4H3,(H2,18,19,20);1H. The Labute approximate surface area is 163 Å². The van der Waals surface area contributed by atoms with E-state index in [0.717, 1.165) is 43.5 Å². The fourth-order valence-electron chi connectivity index (χ4n) is 1.90. The zero-order valence-corrected chi connectivity index (χ0v) is 17.5. The summed E-state index contributed by atoms with van der Waals surface area (Å²) >= 11 is 0. The number of halogens is 1. The maximum atomic E-state index is 5.70. The monoisotopic (exact) mass is 450 g/mol. The van der Waals surface area contributed by atoms with E-state index in [4.69, 9.17) is 9.47 Å². The van der Waals surface area contributed by atoms with E-state index < -0.39 is 0 Å². The Bertz CT molecular complexity index is 472. The van der Waals surface area contributed by atoms with Crippen molar-refractivity contribution in [1.82, 2.24) is 10.2 Å². The van der Waals surface area contributed by atoms with Gasteiger partial charge in [-0.3, -0.25) is 4.99 Å². The van der Waals surface area contributed by atoms with Crippen LogP contribution in [0.25, 0.3) is 0 Å². The normalized spacial score (nSPS) is 11.1. The average Bonchev–Trinajstić information content (AvgIpc) is 2.58. The Kier molecular flexibility index (Phi) is 13.7. The van der Waals surface area contributed by atoms with Crippen molar-refractivity contribution in [2.75, 3.05) is 59.4 Å². The van der Waals surface area contributed by atoms with Gasteiger partial charge in [0, 0.05) is 52.0 Å². The van der Waals surface area contributed by atoms with E-state index in [1.54, 1.807) is 14.2 Å². The third-order valence-corrected chi connectivity index (χ3v) is 3.41. The van der Waals surface area contributed by atoms with Crippen LogP contribution in [-0.4, -0.2) is 64.9 Å². The number of aliphatic imine (C=N–C) groups is 1. The number of hydrogen-bond acceptors (Lipinski definition) is 4. The van der Waals surface area contributed by atoms with Crippen LogP contribution in [0, 0.1) is 0 Å². The molecular weight excluding hydrogens is 419 g/mol. The predicted octanol–water partition coefficient (Wildman–Crippen LogP) is 2.66. The van der Waals surface area contributed by atoms with Crippen molar-refractivity contribution >= 4 is 35.6 Å². The highest BCUT2D eigenvalue weighted by molar-refractivity contribution is 14.0. The largest absolute Gasteiger partial charge is 0.493 e. The van der Waals surface area contributed by atoms with Gasteiger partial charge in [-0.15, -0.1) is 24.0 Å². The summed E-state index contributed by atoms with van der Waals surface area (Å²) in [7, 11) is 5.56. The summed E-state index contributed by atoms with van der Waals surface area (Å²) in [5.74, 6) is 1.60. The predicted molar refractivity (Wildman–Crippen MR) is 112 cm³/mol. The molecule has 0 bridgehead atoms. The van der Waals surface area contributed by atoms with E-state index in [1.165, 1.54) is 0 Å². The van der Waals surface area contributed by atoms with Crippen LogP contribution in [0.3, 0.4) is 0 Å². The Hall–Kier alpha value is -1.06. The molecule has 0 saturated carbocycles. The minimum absolute atomic E-state index is 0. The fourth-order valence-corrected chi connectivity index (χ4v) is 1.90. The third kappa shape index (κ3) is 9.94. The highest BCUT2D eigenvalue weighted by Gasteiger charge is 2.02. The van der Waals surface area contributed by atoms with Crippen LogP contribution in [0.15, 0.2) is 29.3 Å². The zero-order valence-electron chi connectivity index (χ0n) is 15.2. The molecule has 0 amide bonds. The van der Waals surface area contributed by atoms with E-state index in [1.807, 2.05) is 24.3 Å². The lowest BCUT2D eigenvalue weighted by Gasteiger charge is -2.16. The van der Waals surface area contributed by atoms with Gasteiger partial charge in [0.2, 0.25) is 0 Å². The molecule has 6 nitrogen and oxygen atoms in total. The Morgan fingerprint density at radius 2 is 2.08 bits per heavy atom. The number of likely N-dealkylation sites (N-methyl/N-ethyl adjacent to an activating group) is 1. The molecule has 0 fully saturated rings. The van der Waals surface area contributed by atoms with Crippen molar-refractivity contribution in [2.45, 2.75) is 13.3 Å². The number of hydrogen-bond donors (Lipinski definition) is 2. The lowest BCUT2D eigenvalue weighted by Crippen LogP contribution is -2.36. The van der Waals surface area contributed by atoms with Crippen LogP contribution in [-0.2, 0) is 4.74 Å². The Morgan fingerprint density at radius 1 is 1.29 bits per heavy atom. The van der Waals surface area contributed by atoms with E-state index in [-0.39, 0.29) is 24.0 Å². The molecule has 24 heavy (non-hydrogen) atoms. The molecule has 7 heteroatoms. The van der Waals surface area contributed by atoms with Gasteiger partial charge in [-0.25, -0.2) is 0 Å². The number of ether oxygens (including phenoxy) is 2. The summed E-state index contributed by atoms with van der Waals surface area (Å²) < 4.78 is 10.7. The molecule has 0 aliphatic heterocycles. The average molecular weight is 450 g/mol. The lowest BCUT2D eigenvalue weighted by atomic mass is 10.3. The molecule has 138 valence electrons. The quantitative estimate of drug-likeness (QED) is 0.249. The first-order valence-electron chi connectivity index (χ1n) is 8.07. The van der Waals surface area contributed by atoms with Gasteiger partial charge in [0.1, 0.15) is 5.75 Å². The SMILES string of the molecule is CCN(C)CCNC(=NC)Nc1cccc(OCCCOC)c1.I. The molecule has 0 unspecified atom stereocenters. The van der Waals surface area contributed by atoms with Crippen LogP contribution in [0.5, 0.6) is 5.75 Å². The smallest absolute Gasteiger partial charge is 0.195 e. The molecule has 1 aromatic carbocycles. The summed E-state index contributed by atoms with van der Waals surface area (Å²) in [6.45, 7) is 6.35. The van der Waals surface area contributed by atoms with Gasteiger partial charge in [-0.1, -0.05) is 13.0 Å². The first kappa shape index (κ1) is 22.9. The molecule has 1 aromatic rings. The molecule has 0 aliphatic rings. The summed E-state index contributed by atoms with van der Waals surface area (Å²) in [5, 5.41) is 6.58. The van der Waals surface area contributed by atoms with Gasteiger partial charge < -0.3 is 25.0 Å². The summed E-state index contributed by atoms with van der Waals surface area (Å²) in [5.41, 5.74) is 0.950. The van der Waals surface area contributed by atoms with E-state index in [0.29, 0.717) is 13.2 Å². The summed E-state index contributed by atoms with van der Waals surface area (Å²) in [4.78, 5) is 6.49. The van der Waals surface area contributed by atoms with Crippen LogP contribution in [0.2, 0.25) is 0 Å². The molecule has 1 rings (SSSR count). The van der Waals surface area contributed by atoms with E-state index >= 15 is 0 Å². The minimum Gasteiger partial charge on any atom is -0.493 e. The van der Waals surface area contributed by atoms with Crippen LogP contribution in [0.1, 0.15) is 13.3 Å². The maximum Gasteiger partial charge on any atom is 0.195 e. The number of methoxy groups -OCH3 is 1. The van der Waals surface area contributed by atoms with Gasteiger partial charge in [0.05, 0.1) is 6.61 Å². The number of benzene rings is 1. The number of guanidine groups is 1.